The van der Waals surface area contributed by atoms with E-state index in [1.807, 2.05) is 24.8 Å². The molecule has 7 heteroatoms. The van der Waals surface area contributed by atoms with Crippen molar-refractivity contribution in [1.82, 2.24) is 9.21 Å². The van der Waals surface area contributed by atoms with E-state index in [2.05, 4.69) is 24.3 Å². The number of carbonyl (C=O) groups excluding carboxylic acids is 1. The van der Waals surface area contributed by atoms with Crippen LogP contribution in [-0.4, -0.2) is 56.3 Å². The van der Waals surface area contributed by atoms with Gasteiger partial charge in [-0.15, -0.1) is 0 Å². The molecule has 0 aliphatic carbocycles. The number of amides is 1. The van der Waals surface area contributed by atoms with Crippen molar-refractivity contribution >= 4 is 15.9 Å². The van der Waals surface area contributed by atoms with E-state index in [1.165, 1.54) is 9.87 Å². The van der Waals surface area contributed by atoms with Crippen LogP contribution in [0.4, 0.5) is 0 Å². The van der Waals surface area contributed by atoms with E-state index >= 15 is 0 Å². The summed E-state index contributed by atoms with van der Waals surface area (Å²) in [7, 11) is -3.76. The Bertz CT molecular complexity index is 1000. The van der Waals surface area contributed by atoms with Gasteiger partial charge in [-0.1, -0.05) is 37.3 Å². The van der Waals surface area contributed by atoms with Crippen LogP contribution in [0, 0.1) is 12.8 Å². The molecule has 1 fully saturated rings. The number of piperidine rings is 1. The molecule has 0 N–H and O–H groups in total. The molecule has 1 heterocycles. The highest BCUT2D eigenvalue weighted by Gasteiger charge is 2.29. The van der Waals surface area contributed by atoms with Crippen molar-refractivity contribution in [3.63, 3.8) is 0 Å². The minimum atomic E-state index is -3.76. The Morgan fingerprint density at radius 3 is 2.38 bits per heavy atom. The number of hydrogen-bond acceptors (Lipinski definition) is 4. The summed E-state index contributed by atoms with van der Waals surface area (Å²) in [5.74, 6) is 1.10. The summed E-state index contributed by atoms with van der Waals surface area (Å²) in [6, 6.07) is 15.3. The van der Waals surface area contributed by atoms with Crippen molar-refractivity contribution in [2.75, 3.05) is 32.8 Å². The highest BCUT2D eigenvalue weighted by Crippen LogP contribution is 2.25. The molecule has 1 amide bonds. The number of likely N-dealkylation sites (tertiary alicyclic amines) is 1. The van der Waals surface area contributed by atoms with Gasteiger partial charge in [-0.25, -0.2) is 8.42 Å². The summed E-state index contributed by atoms with van der Waals surface area (Å²) >= 11 is 0. The molecule has 2 aromatic rings. The first-order valence-electron chi connectivity index (χ1n) is 11.4. The van der Waals surface area contributed by atoms with Gasteiger partial charge in [-0.05, 0) is 68.4 Å². The third kappa shape index (κ3) is 5.90. The van der Waals surface area contributed by atoms with E-state index in [4.69, 9.17) is 4.74 Å². The molecule has 0 unspecified atom stereocenters. The molecule has 6 nitrogen and oxygen atoms in total. The second-order valence-electron chi connectivity index (χ2n) is 8.31. The molecule has 3 rings (SSSR count). The van der Waals surface area contributed by atoms with Gasteiger partial charge in [0.25, 0.3) is 0 Å². The fourth-order valence-electron chi connectivity index (χ4n) is 4.20. The molecule has 1 saturated heterocycles. The van der Waals surface area contributed by atoms with Crippen molar-refractivity contribution in [3.8, 4) is 5.75 Å². The van der Waals surface area contributed by atoms with E-state index in [0.29, 0.717) is 31.4 Å². The number of rotatable bonds is 9. The van der Waals surface area contributed by atoms with Gasteiger partial charge >= 0.3 is 0 Å². The Balaban J connectivity index is 1.60. The second kappa shape index (κ2) is 11.0. The maximum absolute atomic E-state index is 13.2. The maximum atomic E-state index is 13.2. The van der Waals surface area contributed by atoms with E-state index in [-0.39, 0.29) is 23.9 Å². The van der Waals surface area contributed by atoms with Crippen LogP contribution >= 0.6 is 0 Å². The summed E-state index contributed by atoms with van der Waals surface area (Å²) in [6.07, 6.45) is 2.91. The minimum Gasteiger partial charge on any atom is -0.494 e. The average molecular weight is 459 g/mol. The maximum Gasteiger partial charge on any atom is 0.243 e. The standard InChI is InChI=1S/C25H34N2O4S/c1-4-27(32(29,30)23-11-12-24(31-5-2)20(3)17-23)19-25(28)26-15-13-22(14-16-26)18-21-9-7-6-8-10-21/h6-12,17,22H,4-5,13-16,18-19H2,1-3H3. The molecule has 0 spiro atoms. The first-order valence-corrected chi connectivity index (χ1v) is 12.8. The number of hydrogen-bond donors (Lipinski definition) is 0. The molecule has 0 atom stereocenters. The average Bonchev–Trinajstić information content (AvgIpc) is 2.79. The lowest BCUT2D eigenvalue weighted by Crippen LogP contribution is -2.45. The molecule has 2 aromatic carbocycles. The zero-order valence-electron chi connectivity index (χ0n) is 19.3. The number of ether oxygens (including phenoxy) is 1. The van der Waals surface area contributed by atoms with Gasteiger partial charge < -0.3 is 9.64 Å². The SMILES string of the molecule is CCOc1ccc(S(=O)(=O)N(CC)CC(=O)N2CCC(Cc3ccccc3)CC2)cc1C. The van der Waals surface area contributed by atoms with Crippen LogP contribution in [0.2, 0.25) is 0 Å². The molecule has 0 saturated carbocycles. The van der Waals surface area contributed by atoms with Crippen molar-refractivity contribution in [2.45, 2.75) is 44.9 Å². The van der Waals surface area contributed by atoms with Crippen LogP contribution in [0.25, 0.3) is 0 Å². The summed E-state index contributed by atoms with van der Waals surface area (Å²) in [4.78, 5) is 14.9. The molecule has 32 heavy (non-hydrogen) atoms. The lowest BCUT2D eigenvalue weighted by molar-refractivity contribution is -0.132. The smallest absolute Gasteiger partial charge is 0.243 e. The van der Waals surface area contributed by atoms with Gasteiger partial charge in [-0.2, -0.15) is 4.31 Å². The van der Waals surface area contributed by atoms with Crippen molar-refractivity contribution < 1.29 is 17.9 Å². The summed E-state index contributed by atoms with van der Waals surface area (Å²) in [6.45, 7) is 7.46. The number of carbonyl (C=O) groups is 1. The van der Waals surface area contributed by atoms with Gasteiger partial charge in [-0.3, -0.25) is 4.79 Å². The van der Waals surface area contributed by atoms with E-state index in [1.54, 1.807) is 25.1 Å². The topological polar surface area (TPSA) is 66.9 Å². The number of likely N-dealkylation sites (N-methyl/N-ethyl adjacent to an activating group) is 1. The molecule has 0 radical (unpaired) electrons. The molecular formula is C25H34N2O4S. The first-order chi connectivity index (χ1) is 15.3. The predicted octanol–water partition coefficient (Wildman–Crippen LogP) is 3.89. The van der Waals surface area contributed by atoms with E-state index < -0.39 is 10.0 Å². The monoisotopic (exact) mass is 458 g/mol. The highest BCUT2D eigenvalue weighted by atomic mass is 32.2. The lowest BCUT2D eigenvalue weighted by atomic mass is 9.90. The molecule has 1 aliphatic heterocycles. The quantitative estimate of drug-likeness (QED) is 0.572. The molecule has 0 bridgehead atoms. The van der Waals surface area contributed by atoms with Crippen LogP contribution in [0.5, 0.6) is 5.75 Å². The molecule has 1 aliphatic rings. The van der Waals surface area contributed by atoms with Crippen LogP contribution < -0.4 is 4.74 Å². The number of aryl methyl sites for hydroxylation is 1. The van der Waals surface area contributed by atoms with Gasteiger partial charge in [0.05, 0.1) is 18.0 Å². The van der Waals surface area contributed by atoms with Gasteiger partial charge in [0, 0.05) is 19.6 Å². The Kier molecular flexibility index (Phi) is 8.32. The third-order valence-corrected chi connectivity index (χ3v) is 8.00. The van der Waals surface area contributed by atoms with Crippen molar-refractivity contribution in [1.29, 1.82) is 0 Å². The second-order valence-corrected chi connectivity index (χ2v) is 10.2. The fraction of sp³-hybridized carbons (Fsp3) is 0.480. The van der Waals surface area contributed by atoms with Gasteiger partial charge in [0.1, 0.15) is 5.75 Å². The highest BCUT2D eigenvalue weighted by molar-refractivity contribution is 7.89. The van der Waals surface area contributed by atoms with Gasteiger partial charge in [0.15, 0.2) is 0 Å². The Morgan fingerprint density at radius 2 is 1.78 bits per heavy atom. The summed E-state index contributed by atoms with van der Waals surface area (Å²) < 4.78 is 33.1. The molecular weight excluding hydrogens is 424 g/mol. The molecule has 174 valence electrons. The normalized spacial score (nSPS) is 15.2. The van der Waals surface area contributed by atoms with Crippen LogP contribution in [0.3, 0.4) is 0 Å². The minimum absolute atomic E-state index is 0.128. The van der Waals surface area contributed by atoms with Crippen LogP contribution in [0.15, 0.2) is 53.4 Å². The van der Waals surface area contributed by atoms with E-state index in [9.17, 15) is 13.2 Å². The summed E-state index contributed by atoms with van der Waals surface area (Å²) in [5.41, 5.74) is 2.09. The number of sulfonamides is 1. The van der Waals surface area contributed by atoms with Crippen LogP contribution in [-0.2, 0) is 21.2 Å². The van der Waals surface area contributed by atoms with Gasteiger partial charge in [0.2, 0.25) is 15.9 Å². The zero-order chi connectivity index (χ0) is 23.1. The Labute approximate surface area is 192 Å². The predicted molar refractivity (Wildman–Crippen MR) is 126 cm³/mol. The van der Waals surface area contributed by atoms with Crippen molar-refractivity contribution in [3.05, 3.63) is 59.7 Å². The molecule has 0 aromatic heterocycles. The number of nitrogens with zero attached hydrogens (tertiary/aromatic N) is 2. The fourth-order valence-corrected chi connectivity index (χ4v) is 5.68. The summed E-state index contributed by atoms with van der Waals surface area (Å²) in [5, 5.41) is 0. The Morgan fingerprint density at radius 1 is 1.09 bits per heavy atom. The third-order valence-electron chi connectivity index (χ3n) is 6.08. The largest absolute Gasteiger partial charge is 0.494 e. The lowest BCUT2D eigenvalue weighted by Gasteiger charge is -2.33. The first kappa shape index (κ1) is 24.3. The van der Waals surface area contributed by atoms with Crippen LogP contribution in [0.1, 0.15) is 37.8 Å². The number of benzene rings is 2. The Hall–Kier alpha value is -2.38. The van der Waals surface area contributed by atoms with Crippen molar-refractivity contribution in [2.24, 2.45) is 5.92 Å². The zero-order valence-corrected chi connectivity index (χ0v) is 20.1. The van der Waals surface area contributed by atoms with E-state index in [0.717, 1.165) is 24.8 Å².